The largest absolute Gasteiger partial charge is 0.487 e. The lowest BCUT2D eigenvalue weighted by Gasteiger charge is -2.13. The molecule has 0 aliphatic heterocycles. The third kappa shape index (κ3) is 4.35. The van der Waals surface area contributed by atoms with Crippen LogP contribution in [-0.2, 0) is 11.4 Å². The quantitative estimate of drug-likeness (QED) is 0.915. The van der Waals surface area contributed by atoms with Gasteiger partial charge in [-0.25, -0.2) is 0 Å². The zero-order valence-corrected chi connectivity index (χ0v) is 13.0. The molecule has 1 amide bonds. The van der Waals surface area contributed by atoms with Crippen LogP contribution in [0.4, 0.5) is 5.69 Å². The zero-order valence-electron chi connectivity index (χ0n) is 13.0. The Morgan fingerprint density at radius 3 is 2.29 bits per heavy atom. The minimum atomic E-state index is -0.102. The van der Waals surface area contributed by atoms with Gasteiger partial charge in [-0.05, 0) is 44.0 Å². The molecule has 0 radical (unpaired) electrons. The highest BCUT2D eigenvalue weighted by Crippen LogP contribution is 2.26. The normalized spacial score (nSPS) is 10.3. The maximum atomic E-state index is 11.2. The van der Waals surface area contributed by atoms with Crippen LogP contribution < -0.4 is 10.1 Å². The van der Waals surface area contributed by atoms with E-state index in [1.54, 1.807) is 0 Å². The van der Waals surface area contributed by atoms with Crippen LogP contribution >= 0.6 is 0 Å². The van der Waals surface area contributed by atoms with E-state index in [-0.39, 0.29) is 5.91 Å². The number of hydrogen-bond acceptors (Lipinski definition) is 2. The fraction of sp³-hybridized carbons (Fsp3) is 0.278. The lowest BCUT2D eigenvalue weighted by molar-refractivity contribution is -0.114. The summed E-state index contributed by atoms with van der Waals surface area (Å²) >= 11 is 0. The van der Waals surface area contributed by atoms with Crippen LogP contribution in [0.3, 0.4) is 0 Å². The molecule has 0 unspecified atom stereocenters. The third-order valence-corrected chi connectivity index (χ3v) is 3.12. The number of nitrogens with one attached hydrogen (secondary N) is 1. The maximum absolute atomic E-state index is 11.2. The van der Waals surface area contributed by atoms with Crippen molar-refractivity contribution in [1.29, 1.82) is 0 Å². The van der Waals surface area contributed by atoms with Crippen molar-refractivity contribution in [2.45, 2.75) is 34.3 Å². The lowest BCUT2D eigenvalue weighted by atomic mass is 10.1. The predicted octanol–water partition coefficient (Wildman–Crippen LogP) is 4.15. The summed E-state index contributed by atoms with van der Waals surface area (Å²) < 4.78 is 5.90. The Bertz CT molecular complexity index is 642. The fourth-order valence-electron chi connectivity index (χ4n) is 2.36. The first-order valence-electron chi connectivity index (χ1n) is 7.02. The fourth-order valence-corrected chi connectivity index (χ4v) is 2.36. The number of hydrogen-bond donors (Lipinski definition) is 1. The molecule has 0 aliphatic rings. The number of amides is 1. The van der Waals surface area contributed by atoms with E-state index >= 15 is 0 Å². The van der Waals surface area contributed by atoms with Gasteiger partial charge in [-0.3, -0.25) is 4.79 Å². The van der Waals surface area contributed by atoms with Gasteiger partial charge in [-0.1, -0.05) is 35.4 Å². The molecule has 1 N–H and O–H groups in total. The molecule has 2 aromatic rings. The van der Waals surface area contributed by atoms with E-state index < -0.39 is 0 Å². The molecule has 110 valence electrons. The van der Waals surface area contributed by atoms with E-state index in [9.17, 15) is 4.79 Å². The molecule has 0 atom stereocenters. The monoisotopic (exact) mass is 283 g/mol. The van der Waals surface area contributed by atoms with Crippen LogP contribution in [0, 0.1) is 20.8 Å². The molecule has 0 bridgehead atoms. The van der Waals surface area contributed by atoms with Crippen molar-refractivity contribution < 1.29 is 9.53 Å². The standard InChI is InChI=1S/C18H21NO2/c1-12-5-6-17(19-15(4)20)18(10-12)21-11-16-8-13(2)7-14(3)9-16/h5-10H,11H2,1-4H3,(H,19,20). The number of carbonyl (C=O) groups excluding carboxylic acids is 1. The third-order valence-electron chi connectivity index (χ3n) is 3.12. The second kappa shape index (κ2) is 6.44. The van der Waals surface area contributed by atoms with Crippen molar-refractivity contribution in [3.63, 3.8) is 0 Å². The second-order valence-corrected chi connectivity index (χ2v) is 5.47. The second-order valence-electron chi connectivity index (χ2n) is 5.47. The molecule has 0 heterocycles. The topological polar surface area (TPSA) is 38.3 Å². The van der Waals surface area contributed by atoms with Crippen LogP contribution in [-0.4, -0.2) is 5.91 Å². The number of rotatable bonds is 4. The van der Waals surface area contributed by atoms with Crippen molar-refractivity contribution in [2.75, 3.05) is 5.32 Å². The summed E-state index contributed by atoms with van der Waals surface area (Å²) in [6.07, 6.45) is 0. The van der Waals surface area contributed by atoms with Gasteiger partial charge in [0.15, 0.2) is 0 Å². The molecular weight excluding hydrogens is 262 g/mol. The van der Waals surface area contributed by atoms with E-state index in [0.29, 0.717) is 18.0 Å². The Hall–Kier alpha value is -2.29. The van der Waals surface area contributed by atoms with E-state index in [0.717, 1.165) is 11.1 Å². The molecule has 0 fully saturated rings. The van der Waals surface area contributed by atoms with E-state index in [4.69, 9.17) is 4.74 Å². The summed E-state index contributed by atoms with van der Waals surface area (Å²) in [5.74, 6) is 0.597. The minimum Gasteiger partial charge on any atom is -0.487 e. The molecule has 2 aromatic carbocycles. The van der Waals surface area contributed by atoms with Crippen molar-refractivity contribution in [3.8, 4) is 5.75 Å². The SMILES string of the molecule is CC(=O)Nc1ccc(C)cc1OCc1cc(C)cc(C)c1. The first kappa shape index (κ1) is 15.1. The van der Waals surface area contributed by atoms with Gasteiger partial charge in [0.25, 0.3) is 0 Å². The van der Waals surface area contributed by atoms with Crippen LogP contribution in [0.1, 0.15) is 29.2 Å². The first-order valence-corrected chi connectivity index (χ1v) is 7.02. The highest BCUT2D eigenvalue weighted by atomic mass is 16.5. The summed E-state index contributed by atoms with van der Waals surface area (Å²) in [7, 11) is 0. The number of carbonyl (C=O) groups is 1. The smallest absolute Gasteiger partial charge is 0.221 e. The predicted molar refractivity (Wildman–Crippen MR) is 85.7 cm³/mol. The molecule has 0 saturated carbocycles. The Labute approximate surface area is 126 Å². The van der Waals surface area contributed by atoms with Gasteiger partial charge in [0, 0.05) is 6.92 Å². The van der Waals surface area contributed by atoms with Crippen molar-refractivity contribution in [3.05, 3.63) is 58.7 Å². The van der Waals surface area contributed by atoms with Gasteiger partial charge < -0.3 is 10.1 Å². The lowest BCUT2D eigenvalue weighted by Crippen LogP contribution is -2.08. The van der Waals surface area contributed by atoms with Gasteiger partial charge in [0.2, 0.25) is 5.91 Å². The van der Waals surface area contributed by atoms with Crippen LogP contribution in [0.2, 0.25) is 0 Å². The average molecular weight is 283 g/mol. The molecule has 0 aromatic heterocycles. The Kier molecular flexibility index (Phi) is 4.63. The summed E-state index contributed by atoms with van der Waals surface area (Å²) in [5.41, 5.74) is 5.37. The summed E-state index contributed by atoms with van der Waals surface area (Å²) in [5, 5.41) is 2.80. The van der Waals surface area contributed by atoms with Gasteiger partial charge in [0.05, 0.1) is 5.69 Å². The highest BCUT2D eigenvalue weighted by molar-refractivity contribution is 5.90. The van der Waals surface area contributed by atoms with E-state index in [2.05, 4.69) is 37.4 Å². The van der Waals surface area contributed by atoms with Gasteiger partial charge in [-0.2, -0.15) is 0 Å². The molecule has 2 rings (SSSR count). The molecule has 3 nitrogen and oxygen atoms in total. The number of ether oxygens (including phenoxy) is 1. The molecule has 0 aliphatic carbocycles. The summed E-state index contributed by atoms with van der Waals surface area (Å²) in [6.45, 7) is 8.13. The number of benzene rings is 2. The van der Waals surface area contributed by atoms with Crippen molar-refractivity contribution in [1.82, 2.24) is 0 Å². The maximum Gasteiger partial charge on any atom is 0.221 e. The van der Waals surface area contributed by atoms with Gasteiger partial charge in [-0.15, -0.1) is 0 Å². The zero-order chi connectivity index (χ0) is 15.4. The minimum absolute atomic E-state index is 0.102. The average Bonchev–Trinajstić information content (AvgIpc) is 2.37. The Morgan fingerprint density at radius 2 is 1.67 bits per heavy atom. The van der Waals surface area contributed by atoms with E-state index in [1.807, 2.05) is 25.1 Å². The summed E-state index contributed by atoms with van der Waals surface area (Å²) in [6, 6.07) is 12.1. The van der Waals surface area contributed by atoms with Crippen molar-refractivity contribution in [2.24, 2.45) is 0 Å². The number of anilines is 1. The van der Waals surface area contributed by atoms with Gasteiger partial charge >= 0.3 is 0 Å². The Morgan fingerprint density at radius 1 is 1.00 bits per heavy atom. The van der Waals surface area contributed by atoms with Gasteiger partial charge in [0.1, 0.15) is 12.4 Å². The highest BCUT2D eigenvalue weighted by Gasteiger charge is 2.06. The van der Waals surface area contributed by atoms with Crippen LogP contribution in [0.15, 0.2) is 36.4 Å². The van der Waals surface area contributed by atoms with Crippen molar-refractivity contribution >= 4 is 11.6 Å². The molecular formula is C18H21NO2. The molecule has 0 saturated heterocycles. The van der Waals surface area contributed by atoms with Crippen LogP contribution in [0.25, 0.3) is 0 Å². The molecule has 3 heteroatoms. The van der Waals surface area contributed by atoms with Crippen LogP contribution in [0.5, 0.6) is 5.75 Å². The Balaban J connectivity index is 2.18. The molecule has 21 heavy (non-hydrogen) atoms. The summed E-state index contributed by atoms with van der Waals surface area (Å²) in [4.78, 5) is 11.2. The molecule has 0 spiro atoms. The first-order chi connectivity index (χ1) is 9.94. The van der Waals surface area contributed by atoms with E-state index in [1.165, 1.54) is 18.1 Å². The number of aryl methyl sites for hydroxylation is 3.